The summed E-state index contributed by atoms with van der Waals surface area (Å²) in [4.78, 5) is 0. The van der Waals surface area contributed by atoms with E-state index in [-0.39, 0.29) is 0 Å². The molecule has 0 bridgehead atoms. The highest BCUT2D eigenvalue weighted by atomic mass is 16.5. The predicted molar refractivity (Wildman–Crippen MR) is 87.0 cm³/mol. The van der Waals surface area contributed by atoms with Gasteiger partial charge in [-0.25, -0.2) is 0 Å². The second-order valence-corrected chi connectivity index (χ2v) is 5.77. The van der Waals surface area contributed by atoms with Gasteiger partial charge in [0.1, 0.15) is 11.5 Å². The summed E-state index contributed by atoms with van der Waals surface area (Å²) < 4.78 is 5.99. The Hall–Kier alpha value is -1.80. The lowest BCUT2D eigenvalue weighted by molar-refractivity contribution is 0.173. The van der Waals surface area contributed by atoms with Crippen LogP contribution in [0.5, 0.6) is 11.5 Å². The van der Waals surface area contributed by atoms with E-state index in [4.69, 9.17) is 4.74 Å². The van der Waals surface area contributed by atoms with E-state index in [1.54, 1.807) is 0 Å². The van der Waals surface area contributed by atoms with Gasteiger partial charge in [-0.3, -0.25) is 0 Å². The molecular formula is C19H24O2. The molecule has 0 unspecified atom stereocenters. The molecule has 0 fully saturated rings. The summed E-state index contributed by atoms with van der Waals surface area (Å²) in [5, 5.41) is 9.81. The molecule has 0 saturated heterocycles. The molecule has 0 amide bonds. The molecule has 0 heterocycles. The van der Waals surface area contributed by atoms with Crippen molar-refractivity contribution in [3.8, 4) is 11.5 Å². The quantitative estimate of drug-likeness (QED) is 0.801. The van der Waals surface area contributed by atoms with Crippen molar-refractivity contribution in [2.75, 3.05) is 0 Å². The molecule has 2 heteroatoms. The minimum absolute atomic E-state index is 0.398. The van der Waals surface area contributed by atoms with Crippen molar-refractivity contribution in [2.45, 2.75) is 46.1 Å². The van der Waals surface area contributed by atoms with E-state index >= 15 is 0 Å². The van der Waals surface area contributed by atoms with Crippen LogP contribution in [0.1, 0.15) is 55.9 Å². The number of rotatable bonds is 5. The van der Waals surface area contributed by atoms with Crippen LogP contribution < -0.4 is 4.74 Å². The number of hydrogen-bond donors (Lipinski definition) is 1. The molecular weight excluding hydrogens is 260 g/mol. The van der Waals surface area contributed by atoms with Gasteiger partial charge in [-0.05, 0) is 54.2 Å². The lowest BCUT2D eigenvalue weighted by atomic mass is 10.0. The van der Waals surface area contributed by atoms with Crippen LogP contribution in [-0.2, 0) is 0 Å². The van der Waals surface area contributed by atoms with Crippen molar-refractivity contribution >= 4 is 0 Å². The van der Waals surface area contributed by atoms with Crippen molar-refractivity contribution in [1.82, 2.24) is 0 Å². The van der Waals surface area contributed by atoms with Gasteiger partial charge in [-0.2, -0.15) is 0 Å². The maximum absolute atomic E-state index is 9.81. The summed E-state index contributed by atoms with van der Waals surface area (Å²) in [5.74, 6) is 2.17. The average molecular weight is 284 g/mol. The summed E-state index contributed by atoms with van der Waals surface area (Å²) >= 11 is 0. The van der Waals surface area contributed by atoms with Crippen LogP contribution in [0, 0.1) is 6.92 Å². The fraction of sp³-hybridized carbons (Fsp3) is 0.368. The van der Waals surface area contributed by atoms with E-state index in [0.717, 1.165) is 29.0 Å². The van der Waals surface area contributed by atoms with E-state index in [1.807, 2.05) is 31.2 Å². The smallest absolute Gasteiger partial charge is 0.130 e. The third-order valence-corrected chi connectivity index (χ3v) is 3.76. The Morgan fingerprint density at radius 3 is 2.19 bits per heavy atom. The second kappa shape index (κ2) is 6.77. The van der Waals surface area contributed by atoms with Crippen molar-refractivity contribution in [1.29, 1.82) is 0 Å². The van der Waals surface area contributed by atoms with E-state index < -0.39 is 6.10 Å². The summed E-state index contributed by atoms with van der Waals surface area (Å²) in [6, 6.07) is 14.0. The highest BCUT2D eigenvalue weighted by Gasteiger charge is 2.08. The second-order valence-electron chi connectivity index (χ2n) is 5.77. The van der Waals surface area contributed by atoms with Gasteiger partial charge >= 0.3 is 0 Å². The van der Waals surface area contributed by atoms with Crippen molar-refractivity contribution < 1.29 is 9.84 Å². The molecule has 0 aromatic heterocycles. The first-order valence-electron chi connectivity index (χ1n) is 7.57. The molecule has 2 nitrogen and oxygen atoms in total. The van der Waals surface area contributed by atoms with Gasteiger partial charge in [0.15, 0.2) is 0 Å². The summed E-state index contributed by atoms with van der Waals surface area (Å²) in [7, 11) is 0. The average Bonchev–Trinajstić information content (AvgIpc) is 2.49. The maximum Gasteiger partial charge on any atom is 0.130 e. The topological polar surface area (TPSA) is 29.5 Å². The van der Waals surface area contributed by atoms with Gasteiger partial charge in [0, 0.05) is 0 Å². The Balaban J connectivity index is 2.20. The number of benzene rings is 2. The Morgan fingerprint density at radius 2 is 1.62 bits per heavy atom. The third kappa shape index (κ3) is 3.85. The van der Waals surface area contributed by atoms with Crippen LogP contribution in [-0.4, -0.2) is 5.11 Å². The molecule has 0 aliphatic carbocycles. The molecule has 0 saturated carbocycles. The molecule has 112 valence electrons. The zero-order valence-electron chi connectivity index (χ0n) is 13.3. The Bertz CT molecular complexity index is 585. The first-order valence-corrected chi connectivity index (χ1v) is 7.57. The summed E-state index contributed by atoms with van der Waals surface area (Å²) in [6.07, 6.45) is 0.320. The SMILES string of the molecule is CC[C@H](O)c1ccc(Oc2cc(C(C)C)ccc2C)cc1. The Kier molecular flexibility index (Phi) is 5.03. The van der Waals surface area contributed by atoms with Gasteiger partial charge < -0.3 is 9.84 Å². The van der Waals surface area contributed by atoms with E-state index in [0.29, 0.717) is 5.92 Å². The molecule has 2 aromatic carbocycles. The van der Waals surface area contributed by atoms with Crippen LogP contribution >= 0.6 is 0 Å². The summed E-state index contributed by atoms with van der Waals surface area (Å²) in [6.45, 7) is 8.37. The van der Waals surface area contributed by atoms with Crippen LogP contribution in [0.25, 0.3) is 0 Å². The van der Waals surface area contributed by atoms with Gasteiger partial charge in [0.05, 0.1) is 6.10 Å². The van der Waals surface area contributed by atoms with Crippen molar-refractivity contribution in [3.05, 3.63) is 59.2 Å². The van der Waals surface area contributed by atoms with Crippen molar-refractivity contribution in [3.63, 3.8) is 0 Å². The van der Waals surface area contributed by atoms with E-state index in [2.05, 4.69) is 39.0 Å². The zero-order valence-corrected chi connectivity index (χ0v) is 13.3. The van der Waals surface area contributed by atoms with E-state index in [9.17, 15) is 5.11 Å². The Labute approximate surface area is 127 Å². The monoisotopic (exact) mass is 284 g/mol. The Morgan fingerprint density at radius 1 is 1.00 bits per heavy atom. The highest BCUT2D eigenvalue weighted by Crippen LogP contribution is 2.29. The van der Waals surface area contributed by atoms with E-state index in [1.165, 1.54) is 5.56 Å². The fourth-order valence-electron chi connectivity index (χ4n) is 2.21. The number of ether oxygens (including phenoxy) is 1. The minimum atomic E-state index is -0.398. The van der Waals surface area contributed by atoms with Crippen LogP contribution in [0.3, 0.4) is 0 Å². The molecule has 0 spiro atoms. The summed E-state index contributed by atoms with van der Waals surface area (Å²) in [5.41, 5.74) is 3.32. The molecule has 21 heavy (non-hydrogen) atoms. The molecule has 1 N–H and O–H groups in total. The zero-order chi connectivity index (χ0) is 15.4. The molecule has 1 atom stereocenters. The first kappa shape index (κ1) is 15.6. The normalized spacial score (nSPS) is 12.5. The van der Waals surface area contributed by atoms with Gasteiger partial charge in [0.25, 0.3) is 0 Å². The number of hydrogen-bond acceptors (Lipinski definition) is 2. The lowest BCUT2D eigenvalue weighted by Gasteiger charge is -2.13. The maximum atomic E-state index is 9.81. The molecule has 0 aliphatic heterocycles. The molecule has 2 rings (SSSR count). The lowest BCUT2D eigenvalue weighted by Crippen LogP contribution is -1.95. The third-order valence-electron chi connectivity index (χ3n) is 3.76. The predicted octanol–water partition coefficient (Wildman–Crippen LogP) is 5.35. The largest absolute Gasteiger partial charge is 0.457 e. The first-order chi connectivity index (χ1) is 10.0. The number of aryl methyl sites for hydroxylation is 1. The van der Waals surface area contributed by atoms with Crippen LogP contribution in [0.2, 0.25) is 0 Å². The molecule has 2 aromatic rings. The standard InChI is InChI=1S/C19H24O2/c1-5-18(20)15-8-10-17(11-9-15)21-19-12-16(13(2)3)7-6-14(19)4/h6-13,18,20H,5H2,1-4H3/t18-/m0/s1. The van der Waals surface area contributed by atoms with Crippen LogP contribution in [0.4, 0.5) is 0 Å². The highest BCUT2D eigenvalue weighted by molar-refractivity contribution is 5.41. The van der Waals surface area contributed by atoms with Crippen molar-refractivity contribution in [2.24, 2.45) is 0 Å². The molecule has 0 aliphatic rings. The molecule has 0 radical (unpaired) electrons. The van der Waals surface area contributed by atoms with Gasteiger partial charge in [0.2, 0.25) is 0 Å². The minimum Gasteiger partial charge on any atom is -0.457 e. The number of aliphatic hydroxyl groups excluding tert-OH is 1. The van der Waals surface area contributed by atoms with Gasteiger partial charge in [-0.15, -0.1) is 0 Å². The fourth-order valence-corrected chi connectivity index (χ4v) is 2.21. The number of aliphatic hydroxyl groups is 1. The van der Waals surface area contributed by atoms with Gasteiger partial charge in [-0.1, -0.05) is 45.0 Å². The van der Waals surface area contributed by atoms with Crippen LogP contribution in [0.15, 0.2) is 42.5 Å².